The molecule has 0 saturated carbocycles. The zero-order valence-corrected chi connectivity index (χ0v) is 11.2. The molecule has 0 spiro atoms. The average molecular weight is 292 g/mol. The van der Waals surface area contributed by atoms with E-state index >= 15 is 0 Å². The summed E-state index contributed by atoms with van der Waals surface area (Å²) >= 11 is 9.94. The number of aliphatic hydroxyl groups excluding tert-OH is 2. The van der Waals surface area contributed by atoms with E-state index in [2.05, 4.69) is 4.98 Å². The normalized spacial score (nSPS) is 35.9. The Kier molecular flexibility index (Phi) is 3.65. The van der Waals surface area contributed by atoms with Crippen LogP contribution >= 0.6 is 24.4 Å². The van der Waals surface area contributed by atoms with E-state index in [-0.39, 0.29) is 4.77 Å². The first-order valence-corrected chi connectivity index (χ1v) is 6.14. The van der Waals surface area contributed by atoms with Crippen LogP contribution in [0.5, 0.6) is 0 Å². The van der Waals surface area contributed by atoms with E-state index in [1.807, 2.05) is 0 Å². The minimum absolute atomic E-state index is 0.196. The maximum Gasteiger partial charge on any atom is 0.181 e. The molecule has 0 aromatic carbocycles. The van der Waals surface area contributed by atoms with E-state index in [1.54, 1.807) is 6.07 Å². The average Bonchev–Trinajstić information content (AvgIpc) is 2.52. The van der Waals surface area contributed by atoms with Gasteiger partial charge in [-0.2, -0.15) is 0 Å². The summed E-state index contributed by atoms with van der Waals surface area (Å²) in [5, 5.41) is 18.8. The molecule has 1 aromatic heterocycles. The number of hydrogen-bond donors (Lipinski definition) is 3. The van der Waals surface area contributed by atoms with Crippen molar-refractivity contribution in [1.29, 1.82) is 0 Å². The van der Waals surface area contributed by atoms with Gasteiger partial charge in [0.05, 0.1) is 6.61 Å². The molecule has 2 rings (SSSR count). The monoisotopic (exact) mass is 292 g/mol. The summed E-state index contributed by atoms with van der Waals surface area (Å²) in [6, 6.07) is 1.54. The zero-order chi connectivity index (χ0) is 13.5. The van der Waals surface area contributed by atoms with Crippen molar-refractivity contribution in [2.24, 2.45) is 0 Å². The number of nitrogens with zero attached hydrogens (tertiary/aromatic N) is 1. The first-order chi connectivity index (χ1) is 8.37. The second kappa shape index (κ2) is 4.78. The van der Waals surface area contributed by atoms with Crippen molar-refractivity contribution in [3.8, 4) is 0 Å². The molecule has 8 heteroatoms. The number of alkyl halides is 1. The second-order valence-electron chi connectivity index (χ2n) is 4.32. The summed E-state index contributed by atoms with van der Waals surface area (Å²) in [5.41, 5.74) is -2.05. The molecule has 1 saturated heterocycles. The Morgan fingerprint density at radius 2 is 2.28 bits per heavy atom. The summed E-state index contributed by atoms with van der Waals surface area (Å²) in [6.45, 7) is 0.745. The number of aromatic nitrogens is 2. The smallest absolute Gasteiger partial charge is 0.181 e. The lowest BCUT2D eigenvalue weighted by atomic mass is 9.99. The molecule has 0 amide bonds. The third-order valence-corrected chi connectivity index (χ3v) is 3.55. The van der Waals surface area contributed by atoms with Gasteiger partial charge in [0.15, 0.2) is 16.7 Å². The fourth-order valence-electron chi connectivity index (χ4n) is 1.97. The highest BCUT2D eigenvalue weighted by molar-refractivity contribution is 7.72. The lowest BCUT2D eigenvalue weighted by molar-refractivity contribution is -0.0601. The summed E-state index contributed by atoms with van der Waals surface area (Å²) in [5.74, 6) is 0. The Bertz CT molecular complexity index is 557. The Balaban J connectivity index is 2.45. The van der Waals surface area contributed by atoms with Crippen molar-refractivity contribution < 1.29 is 19.3 Å². The van der Waals surface area contributed by atoms with Crippen LogP contribution in [0.2, 0.25) is 0 Å². The number of H-pyrrole nitrogens is 1. The number of halogens is 1. The molecular weight excluding hydrogens is 279 g/mol. The van der Waals surface area contributed by atoms with Crippen LogP contribution in [0.3, 0.4) is 0 Å². The van der Waals surface area contributed by atoms with Crippen molar-refractivity contribution in [3.63, 3.8) is 0 Å². The van der Waals surface area contributed by atoms with Gasteiger partial charge >= 0.3 is 0 Å². The maximum atomic E-state index is 14.5. The van der Waals surface area contributed by atoms with Crippen molar-refractivity contribution in [3.05, 3.63) is 21.7 Å². The number of rotatable bonds is 2. The Morgan fingerprint density at radius 3 is 2.78 bits per heavy atom. The van der Waals surface area contributed by atoms with Crippen LogP contribution in [-0.4, -0.2) is 44.2 Å². The molecule has 18 heavy (non-hydrogen) atoms. The van der Waals surface area contributed by atoms with Crippen LogP contribution in [0, 0.1) is 9.41 Å². The van der Waals surface area contributed by atoms with Crippen LogP contribution in [-0.2, 0) is 4.74 Å². The van der Waals surface area contributed by atoms with Crippen LogP contribution in [0.1, 0.15) is 13.2 Å². The highest BCUT2D eigenvalue weighted by atomic mass is 32.1. The molecule has 0 aliphatic carbocycles. The molecule has 3 N–H and O–H groups in total. The Morgan fingerprint density at radius 1 is 1.61 bits per heavy atom. The van der Waals surface area contributed by atoms with Gasteiger partial charge in [0.2, 0.25) is 0 Å². The first kappa shape index (κ1) is 13.8. The fraction of sp³-hybridized carbons (Fsp3) is 0.600. The van der Waals surface area contributed by atoms with Gasteiger partial charge in [0, 0.05) is 6.20 Å². The van der Waals surface area contributed by atoms with Gasteiger partial charge < -0.3 is 19.9 Å². The molecule has 1 aliphatic rings. The predicted octanol–water partition coefficient (Wildman–Crippen LogP) is 1.25. The van der Waals surface area contributed by atoms with Crippen molar-refractivity contribution >= 4 is 24.4 Å². The largest absolute Gasteiger partial charge is 0.394 e. The van der Waals surface area contributed by atoms with Crippen LogP contribution < -0.4 is 0 Å². The van der Waals surface area contributed by atoms with Crippen LogP contribution in [0.4, 0.5) is 4.39 Å². The Hall–Kier alpha value is -0.670. The lowest BCUT2D eigenvalue weighted by Crippen LogP contribution is -2.40. The molecule has 2 heterocycles. The minimum atomic E-state index is -2.05. The summed E-state index contributed by atoms with van der Waals surface area (Å²) in [4.78, 5) is 2.70. The SMILES string of the molecule is CC1(F)C(O)C(CO)OC1n1ccc(=S)[nH]c1=S. The summed E-state index contributed by atoms with van der Waals surface area (Å²) in [7, 11) is 0. The van der Waals surface area contributed by atoms with E-state index in [4.69, 9.17) is 34.3 Å². The molecule has 1 aromatic rings. The molecule has 0 radical (unpaired) electrons. The van der Waals surface area contributed by atoms with Gasteiger partial charge in [-0.3, -0.25) is 4.57 Å². The van der Waals surface area contributed by atoms with Crippen molar-refractivity contribution in [2.75, 3.05) is 6.61 Å². The van der Waals surface area contributed by atoms with Crippen LogP contribution in [0.25, 0.3) is 0 Å². The number of aromatic amines is 1. The molecule has 4 unspecified atom stereocenters. The van der Waals surface area contributed by atoms with Crippen molar-refractivity contribution in [2.45, 2.75) is 31.0 Å². The molecule has 100 valence electrons. The topological polar surface area (TPSA) is 70.4 Å². The number of aliphatic hydroxyl groups is 2. The van der Waals surface area contributed by atoms with E-state index in [1.165, 1.54) is 17.7 Å². The van der Waals surface area contributed by atoms with E-state index in [0.717, 1.165) is 0 Å². The third-order valence-electron chi connectivity index (χ3n) is 3.00. The number of hydrogen-bond acceptors (Lipinski definition) is 5. The molecule has 1 aliphatic heterocycles. The summed E-state index contributed by atoms with van der Waals surface area (Å²) < 4.78 is 21.8. The van der Waals surface area contributed by atoms with Gasteiger partial charge in [-0.05, 0) is 25.2 Å². The molecule has 4 atom stereocenters. The van der Waals surface area contributed by atoms with Gasteiger partial charge in [-0.1, -0.05) is 12.2 Å². The van der Waals surface area contributed by atoms with Gasteiger partial charge in [0.1, 0.15) is 16.8 Å². The number of ether oxygens (including phenoxy) is 1. The van der Waals surface area contributed by atoms with Gasteiger partial charge in [-0.15, -0.1) is 0 Å². The zero-order valence-electron chi connectivity index (χ0n) is 9.54. The predicted molar refractivity (Wildman–Crippen MR) is 67.0 cm³/mol. The van der Waals surface area contributed by atoms with Gasteiger partial charge in [-0.25, -0.2) is 4.39 Å². The third kappa shape index (κ3) is 2.14. The lowest BCUT2D eigenvalue weighted by Gasteiger charge is -2.25. The maximum absolute atomic E-state index is 14.5. The van der Waals surface area contributed by atoms with E-state index < -0.39 is 30.7 Å². The molecular formula is C10H13FN2O3S2. The second-order valence-corrected chi connectivity index (χ2v) is 5.15. The standard InChI is InChI=1S/C10H13FN2O3S2/c1-10(11)7(15)5(4-14)16-8(10)13-3-2-6(17)12-9(13)18/h2-3,5,7-8,14-15H,4H2,1H3,(H,12,17,18). The highest BCUT2D eigenvalue weighted by Crippen LogP contribution is 2.41. The molecule has 0 bridgehead atoms. The highest BCUT2D eigenvalue weighted by Gasteiger charge is 2.54. The van der Waals surface area contributed by atoms with Crippen molar-refractivity contribution in [1.82, 2.24) is 9.55 Å². The molecule has 5 nitrogen and oxygen atoms in total. The minimum Gasteiger partial charge on any atom is -0.394 e. The van der Waals surface area contributed by atoms with Gasteiger partial charge in [0.25, 0.3) is 0 Å². The molecule has 1 fully saturated rings. The quantitative estimate of drug-likeness (QED) is 0.716. The van der Waals surface area contributed by atoms with E-state index in [0.29, 0.717) is 4.64 Å². The van der Waals surface area contributed by atoms with Crippen LogP contribution in [0.15, 0.2) is 12.3 Å². The first-order valence-electron chi connectivity index (χ1n) is 5.32. The Labute approximate surface area is 113 Å². The van der Waals surface area contributed by atoms with E-state index in [9.17, 15) is 9.50 Å². The number of nitrogens with one attached hydrogen (secondary N) is 1. The fourth-order valence-corrected chi connectivity index (χ4v) is 2.46. The summed E-state index contributed by atoms with van der Waals surface area (Å²) in [6.07, 6.45) is -2.01.